The van der Waals surface area contributed by atoms with E-state index < -0.39 is 5.97 Å². The first-order chi connectivity index (χ1) is 21.9. The largest absolute Gasteiger partial charge is 0.493 e. The number of ether oxygens (including phenoxy) is 2. The summed E-state index contributed by atoms with van der Waals surface area (Å²) in [5.74, 6) is -0.0350. The molecule has 0 spiro atoms. The van der Waals surface area contributed by atoms with E-state index in [1.165, 1.54) is 0 Å². The molecule has 238 valence electrons. The summed E-state index contributed by atoms with van der Waals surface area (Å²) in [6, 6.07) is 18.5. The molecule has 0 atom stereocenters. The van der Waals surface area contributed by atoms with E-state index in [0.29, 0.717) is 44.9 Å². The molecule has 1 aliphatic heterocycles. The van der Waals surface area contributed by atoms with Crippen LogP contribution in [0.5, 0.6) is 5.75 Å². The molecule has 2 aromatic heterocycles. The lowest BCUT2D eigenvalue weighted by Crippen LogP contribution is -2.12. The number of fused-ring (bicyclic) bond motifs is 3. The molecule has 5 aromatic rings. The monoisotopic (exact) mass is 610 g/mol. The lowest BCUT2D eigenvalue weighted by atomic mass is 9.94. The van der Waals surface area contributed by atoms with Gasteiger partial charge in [0, 0.05) is 42.1 Å². The van der Waals surface area contributed by atoms with Crippen LogP contribution >= 0.6 is 0 Å². The second kappa shape index (κ2) is 14.8. The molecule has 0 fully saturated rings. The van der Waals surface area contributed by atoms with Crippen LogP contribution in [0.4, 0.5) is 0 Å². The van der Waals surface area contributed by atoms with Gasteiger partial charge in [0.2, 0.25) is 0 Å². The number of carboxylic acids is 1. The SMILES string of the molecule is CCNCC.Cc1ccc2c(CCCOc3cccc4ccccc34)c(C(=O)O)n3c2c1-c1c(C)nn(C)c1COCCCC3. The zero-order chi connectivity index (χ0) is 31.9. The molecule has 3 heterocycles. The fourth-order valence-electron chi connectivity index (χ4n) is 6.50. The molecular weight excluding hydrogens is 564 g/mol. The Hall–Kier alpha value is -4.14. The minimum Gasteiger partial charge on any atom is -0.493 e. The van der Waals surface area contributed by atoms with Crippen LogP contribution in [-0.2, 0) is 31.4 Å². The van der Waals surface area contributed by atoms with Crippen LogP contribution < -0.4 is 10.1 Å². The Morgan fingerprint density at radius 2 is 1.78 bits per heavy atom. The number of rotatable bonds is 8. The van der Waals surface area contributed by atoms with Crippen LogP contribution in [0.1, 0.15) is 66.1 Å². The predicted octanol–water partition coefficient (Wildman–Crippen LogP) is 7.45. The molecule has 0 radical (unpaired) electrons. The molecule has 8 nitrogen and oxygen atoms in total. The van der Waals surface area contributed by atoms with E-state index in [9.17, 15) is 9.90 Å². The van der Waals surface area contributed by atoms with E-state index in [2.05, 4.69) is 56.4 Å². The Balaban J connectivity index is 0.000000743. The predicted molar refractivity (Wildman–Crippen MR) is 181 cm³/mol. The molecule has 0 aliphatic carbocycles. The van der Waals surface area contributed by atoms with Gasteiger partial charge in [-0.3, -0.25) is 4.68 Å². The van der Waals surface area contributed by atoms with Gasteiger partial charge in [-0.05, 0) is 75.2 Å². The highest BCUT2D eigenvalue weighted by Gasteiger charge is 2.28. The van der Waals surface area contributed by atoms with E-state index >= 15 is 0 Å². The van der Waals surface area contributed by atoms with Gasteiger partial charge in [-0.15, -0.1) is 0 Å². The van der Waals surface area contributed by atoms with Crippen molar-refractivity contribution in [1.82, 2.24) is 19.7 Å². The van der Waals surface area contributed by atoms with Crippen molar-refractivity contribution < 1.29 is 19.4 Å². The molecule has 1 aliphatic rings. The van der Waals surface area contributed by atoms with Crippen molar-refractivity contribution in [2.24, 2.45) is 7.05 Å². The van der Waals surface area contributed by atoms with Crippen LogP contribution in [-0.4, -0.2) is 51.7 Å². The van der Waals surface area contributed by atoms with Crippen LogP contribution in [0.15, 0.2) is 54.6 Å². The minimum absolute atomic E-state index is 0.385. The summed E-state index contributed by atoms with van der Waals surface area (Å²) in [6.45, 7) is 12.7. The third-order valence-corrected chi connectivity index (χ3v) is 8.57. The number of hydrogen-bond donors (Lipinski definition) is 2. The molecule has 0 bridgehead atoms. The summed E-state index contributed by atoms with van der Waals surface area (Å²) in [6.07, 6.45) is 3.02. The number of hydrogen-bond acceptors (Lipinski definition) is 5. The first kappa shape index (κ1) is 32.3. The Morgan fingerprint density at radius 3 is 2.53 bits per heavy atom. The number of nitrogens with zero attached hydrogens (tertiary/aromatic N) is 3. The molecule has 2 N–H and O–H groups in total. The number of aryl methyl sites for hydroxylation is 5. The van der Waals surface area contributed by atoms with E-state index in [4.69, 9.17) is 14.6 Å². The zero-order valence-corrected chi connectivity index (χ0v) is 27.3. The van der Waals surface area contributed by atoms with E-state index in [1.54, 1.807) is 0 Å². The highest BCUT2D eigenvalue weighted by Crippen LogP contribution is 2.41. The van der Waals surface area contributed by atoms with Gasteiger partial charge >= 0.3 is 5.97 Å². The fraction of sp³-hybridized carbons (Fsp3) is 0.405. The normalized spacial score (nSPS) is 13.2. The Labute approximate surface area is 266 Å². The van der Waals surface area contributed by atoms with E-state index in [0.717, 1.165) is 87.0 Å². The van der Waals surface area contributed by atoms with Gasteiger partial charge in [-0.2, -0.15) is 5.10 Å². The summed E-state index contributed by atoms with van der Waals surface area (Å²) in [5.41, 5.74) is 7.40. The average molecular weight is 611 g/mol. The van der Waals surface area contributed by atoms with E-state index in [-0.39, 0.29) is 0 Å². The molecule has 3 aromatic carbocycles. The van der Waals surface area contributed by atoms with Crippen molar-refractivity contribution in [3.05, 3.63) is 82.8 Å². The lowest BCUT2D eigenvalue weighted by molar-refractivity contribution is 0.0683. The lowest BCUT2D eigenvalue weighted by Gasteiger charge is -2.14. The number of benzene rings is 3. The molecule has 0 unspecified atom stereocenters. The summed E-state index contributed by atoms with van der Waals surface area (Å²) < 4.78 is 16.2. The first-order valence-corrected chi connectivity index (χ1v) is 16.2. The fourth-order valence-corrected chi connectivity index (χ4v) is 6.50. The van der Waals surface area contributed by atoms with Crippen molar-refractivity contribution in [1.29, 1.82) is 0 Å². The molecule has 0 saturated heterocycles. The minimum atomic E-state index is -0.890. The molecule has 6 rings (SSSR count). The number of nitrogens with one attached hydrogen (secondary N) is 1. The Morgan fingerprint density at radius 1 is 1.00 bits per heavy atom. The smallest absolute Gasteiger partial charge is 0.352 e. The quantitative estimate of drug-likeness (QED) is 0.177. The topological polar surface area (TPSA) is 90.5 Å². The van der Waals surface area contributed by atoms with Crippen molar-refractivity contribution >= 4 is 27.6 Å². The molecular formula is C37H46N4O4. The van der Waals surface area contributed by atoms with Gasteiger partial charge in [0.25, 0.3) is 0 Å². The van der Waals surface area contributed by atoms with Crippen LogP contribution in [0.3, 0.4) is 0 Å². The average Bonchev–Trinajstić information content (AvgIpc) is 3.48. The third-order valence-electron chi connectivity index (χ3n) is 8.57. The highest BCUT2D eigenvalue weighted by molar-refractivity contribution is 6.05. The zero-order valence-electron chi connectivity index (χ0n) is 27.3. The number of aromatic nitrogens is 3. The number of carbonyl (C=O) groups is 1. The summed E-state index contributed by atoms with van der Waals surface area (Å²) in [5, 5.41) is 21.6. The number of carboxylic acid groups (broad SMARTS) is 1. The van der Waals surface area contributed by atoms with Gasteiger partial charge in [-0.1, -0.05) is 62.4 Å². The maximum Gasteiger partial charge on any atom is 0.352 e. The van der Waals surface area contributed by atoms with Crippen LogP contribution in [0, 0.1) is 13.8 Å². The van der Waals surface area contributed by atoms with Crippen molar-refractivity contribution in [3.63, 3.8) is 0 Å². The third kappa shape index (κ3) is 6.77. The Bertz CT molecular complexity index is 1780. The van der Waals surface area contributed by atoms with Crippen LogP contribution in [0.2, 0.25) is 0 Å². The van der Waals surface area contributed by atoms with Crippen LogP contribution in [0.25, 0.3) is 32.8 Å². The Kier molecular flexibility index (Phi) is 10.6. The van der Waals surface area contributed by atoms with Gasteiger partial charge in [0.15, 0.2) is 0 Å². The standard InChI is InChI=1S/C33H35N3O4.C4H11N/c1-21-15-16-26-25(13-9-19-40-28-14-8-11-23-10-4-5-12-24(23)28)32(33(37)38)36-17-6-7-18-39-20-27-30(29(21)31(26)36)22(2)34-35(27)3;1-3-5-4-2/h4-5,8,10-12,14-16H,6-7,9,13,17-20H2,1-3H3,(H,37,38);5H,3-4H2,1-2H3. The highest BCUT2D eigenvalue weighted by atomic mass is 16.5. The van der Waals surface area contributed by atoms with Gasteiger partial charge in [0.05, 0.1) is 30.1 Å². The second-order valence-electron chi connectivity index (χ2n) is 11.6. The first-order valence-electron chi connectivity index (χ1n) is 16.2. The maximum absolute atomic E-state index is 12.8. The second-order valence-corrected chi connectivity index (χ2v) is 11.6. The van der Waals surface area contributed by atoms with Gasteiger partial charge < -0.3 is 24.5 Å². The summed E-state index contributed by atoms with van der Waals surface area (Å²) in [7, 11) is 1.95. The van der Waals surface area contributed by atoms with Gasteiger partial charge in [0.1, 0.15) is 11.4 Å². The molecule has 45 heavy (non-hydrogen) atoms. The van der Waals surface area contributed by atoms with Crippen molar-refractivity contribution in [2.45, 2.75) is 66.5 Å². The van der Waals surface area contributed by atoms with Crippen molar-refractivity contribution in [2.75, 3.05) is 26.3 Å². The van der Waals surface area contributed by atoms with E-state index in [1.807, 2.05) is 47.5 Å². The molecule has 8 heteroatoms. The van der Waals surface area contributed by atoms with Crippen molar-refractivity contribution in [3.8, 4) is 16.9 Å². The summed E-state index contributed by atoms with van der Waals surface area (Å²) in [4.78, 5) is 12.8. The van der Waals surface area contributed by atoms with Gasteiger partial charge in [-0.25, -0.2) is 4.79 Å². The summed E-state index contributed by atoms with van der Waals surface area (Å²) >= 11 is 0. The number of aromatic carboxylic acids is 1. The molecule has 0 saturated carbocycles. The maximum atomic E-state index is 12.8. The molecule has 0 amide bonds.